The summed E-state index contributed by atoms with van der Waals surface area (Å²) in [5.74, 6) is 0.459. The summed E-state index contributed by atoms with van der Waals surface area (Å²) in [5.41, 5.74) is 9.39. The van der Waals surface area contributed by atoms with Gasteiger partial charge in [-0.2, -0.15) is 0 Å². The summed E-state index contributed by atoms with van der Waals surface area (Å²) in [7, 11) is 0. The summed E-state index contributed by atoms with van der Waals surface area (Å²) >= 11 is 0. The zero-order valence-corrected chi connectivity index (χ0v) is 25.9. The molecule has 0 spiro atoms. The zero-order valence-electron chi connectivity index (χ0n) is 23.4. The number of rotatable bonds is 9. The van der Waals surface area contributed by atoms with Crippen LogP contribution in [0.4, 0.5) is 11.6 Å². The molecule has 12 heteroatoms. The Morgan fingerprint density at radius 3 is 2.45 bits per heavy atom. The van der Waals surface area contributed by atoms with Gasteiger partial charge in [0.25, 0.3) is 5.56 Å². The maximum absolute atomic E-state index is 13.6. The first-order chi connectivity index (χ1) is 18.9. The van der Waals surface area contributed by atoms with Gasteiger partial charge < -0.3 is 16.4 Å². The summed E-state index contributed by atoms with van der Waals surface area (Å²) in [6, 6.07) is 19.0. The van der Waals surface area contributed by atoms with E-state index in [0.717, 1.165) is 34.6 Å². The van der Waals surface area contributed by atoms with E-state index >= 15 is 0 Å². The van der Waals surface area contributed by atoms with Crippen LogP contribution in [0.25, 0.3) is 0 Å². The fraction of sp³-hybridized carbons (Fsp3) is 0.300. The van der Waals surface area contributed by atoms with Gasteiger partial charge in [-0.3, -0.25) is 19.1 Å². The van der Waals surface area contributed by atoms with Crippen LogP contribution in [-0.2, 0) is 23.2 Å². The maximum Gasteiger partial charge on any atom is 0.294 e. The smallest absolute Gasteiger partial charge is 0.294 e. The number of nitrogens with zero attached hydrogens (tertiary/aromatic N) is 4. The van der Waals surface area contributed by atoms with Gasteiger partial charge in [-0.25, -0.2) is 9.97 Å². The van der Waals surface area contributed by atoms with E-state index in [1.165, 1.54) is 0 Å². The third-order valence-corrected chi connectivity index (χ3v) is 7.67. The van der Waals surface area contributed by atoms with Gasteiger partial charge in [0.05, 0.1) is 11.1 Å². The molecule has 0 saturated carbocycles. The number of pyridine rings is 2. The number of carbonyl (C=O) groups is 1. The molecule has 1 aromatic carbocycles. The third kappa shape index (κ3) is 6.86. The van der Waals surface area contributed by atoms with Crippen LogP contribution in [0, 0.1) is 6.92 Å². The molecule has 5 rings (SSSR count). The molecular weight excluding hydrogens is 597 g/mol. The molecule has 0 unspecified atom stereocenters. The third-order valence-electron chi connectivity index (χ3n) is 7.67. The SMILES string of the molecule is CC[C@](CNc1ncc2n(c1=O)[C@H](C(=O)NCc1ccc(N)nc1C)CC2)(c1ccccc1)c1ccccn1.Cl.Cl.Cl. The van der Waals surface area contributed by atoms with Crippen LogP contribution in [-0.4, -0.2) is 32.0 Å². The molecule has 2 atom stereocenters. The predicted octanol–water partition coefficient (Wildman–Crippen LogP) is 4.80. The van der Waals surface area contributed by atoms with Crippen molar-refractivity contribution < 1.29 is 4.79 Å². The Balaban J connectivity index is 0.00000205. The highest BCUT2D eigenvalue weighted by molar-refractivity contribution is 5.86. The average molecular weight is 633 g/mol. The number of hydrogen-bond donors (Lipinski definition) is 3. The Bertz CT molecular complexity index is 1500. The van der Waals surface area contributed by atoms with Crippen LogP contribution in [0.15, 0.2) is 77.9 Å². The number of fused-ring (bicyclic) bond motifs is 1. The molecule has 0 fully saturated rings. The Kier molecular flexibility index (Phi) is 12.3. The Labute approximate surface area is 264 Å². The van der Waals surface area contributed by atoms with E-state index in [-0.39, 0.29) is 54.5 Å². The van der Waals surface area contributed by atoms with Crippen molar-refractivity contribution in [2.45, 2.75) is 51.1 Å². The van der Waals surface area contributed by atoms with Gasteiger partial charge in [-0.1, -0.05) is 49.4 Å². The first kappa shape index (κ1) is 34.5. The van der Waals surface area contributed by atoms with Crippen LogP contribution in [0.2, 0.25) is 0 Å². The number of aryl methyl sites for hydroxylation is 2. The average Bonchev–Trinajstić information content (AvgIpc) is 3.40. The summed E-state index contributed by atoms with van der Waals surface area (Å²) in [5, 5.41) is 6.29. The molecule has 0 saturated heterocycles. The van der Waals surface area contributed by atoms with Crippen molar-refractivity contribution in [1.29, 1.82) is 0 Å². The van der Waals surface area contributed by atoms with Crippen molar-refractivity contribution in [3.8, 4) is 0 Å². The first-order valence-electron chi connectivity index (χ1n) is 13.2. The molecule has 0 radical (unpaired) electrons. The number of aromatic nitrogens is 4. The standard InChI is InChI=1S/C30H33N7O2.3ClH/c1-3-30(22-9-5-4-6-10-22,25-11-7-8-16-32-25)19-35-27-29(39)37-23(18-33-27)13-14-24(37)28(38)34-17-21-12-15-26(31)36-20(21)2;;;/h4-12,15-16,18,24H,3,13-14,17,19H2,1-2H3,(H2,31,36)(H,33,35)(H,34,38);3*1H/t24-,30-;;;/m0.../s1. The van der Waals surface area contributed by atoms with E-state index < -0.39 is 11.5 Å². The number of carbonyl (C=O) groups excluding carboxylic acids is 1. The molecule has 42 heavy (non-hydrogen) atoms. The highest BCUT2D eigenvalue weighted by atomic mass is 35.5. The lowest BCUT2D eigenvalue weighted by Gasteiger charge is -2.33. The monoisotopic (exact) mass is 631 g/mol. The number of nitrogens with two attached hydrogens (primary N) is 1. The molecule has 1 aliphatic heterocycles. The van der Waals surface area contributed by atoms with Gasteiger partial charge >= 0.3 is 0 Å². The van der Waals surface area contributed by atoms with Crippen LogP contribution in [0.5, 0.6) is 0 Å². The lowest BCUT2D eigenvalue weighted by Crippen LogP contribution is -2.39. The van der Waals surface area contributed by atoms with E-state index in [1.807, 2.05) is 49.4 Å². The molecule has 1 amide bonds. The second-order valence-corrected chi connectivity index (χ2v) is 9.90. The summed E-state index contributed by atoms with van der Waals surface area (Å²) < 4.78 is 1.58. The second-order valence-electron chi connectivity index (χ2n) is 9.90. The van der Waals surface area contributed by atoms with Crippen LogP contribution in [0.1, 0.15) is 54.0 Å². The number of amides is 1. The Morgan fingerprint density at radius 2 is 1.79 bits per heavy atom. The molecule has 0 aliphatic carbocycles. The molecule has 9 nitrogen and oxygen atoms in total. The lowest BCUT2D eigenvalue weighted by atomic mass is 9.75. The highest BCUT2D eigenvalue weighted by Gasteiger charge is 2.35. The van der Waals surface area contributed by atoms with Gasteiger partial charge in [0, 0.05) is 36.9 Å². The van der Waals surface area contributed by atoms with Crippen molar-refractivity contribution in [3.05, 3.63) is 112 Å². The molecule has 3 aromatic heterocycles. The van der Waals surface area contributed by atoms with Gasteiger partial charge in [-0.05, 0) is 55.5 Å². The summed E-state index contributed by atoms with van der Waals surface area (Å²) in [6.45, 7) is 4.71. The number of anilines is 2. The zero-order chi connectivity index (χ0) is 27.4. The Morgan fingerprint density at radius 1 is 1.05 bits per heavy atom. The van der Waals surface area contributed by atoms with Gasteiger partial charge in [0.15, 0.2) is 5.82 Å². The van der Waals surface area contributed by atoms with Gasteiger partial charge in [-0.15, -0.1) is 37.2 Å². The van der Waals surface area contributed by atoms with Crippen molar-refractivity contribution in [2.75, 3.05) is 17.6 Å². The minimum Gasteiger partial charge on any atom is -0.384 e. The van der Waals surface area contributed by atoms with Crippen molar-refractivity contribution >= 4 is 54.8 Å². The molecule has 4 aromatic rings. The molecule has 1 aliphatic rings. The fourth-order valence-electron chi connectivity index (χ4n) is 5.40. The number of nitrogen functional groups attached to an aromatic ring is 1. The number of benzene rings is 1. The molecule has 4 heterocycles. The minimum absolute atomic E-state index is 0. The highest BCUT2D eigenvalue weighted by Crippen LogP contribution is 2.34. The van der Waals surface area contributed by atoms with Crippen molar-refractivity contribution in [3.63, 3.8) is 0 Å². The molecule has 4 N–H and O–H groups in total. The molecule has 0 bridgehead atoms. The first-order valence-corrected chi connectivity index (χ1v) is 13.2. The van der Waals surface area contributed by atoms with E-state index in [0.29, 0.717) is 31.7 Å². The van der Waals surface area contributed by atoms with Crippen LogP contribution >= 0.6 is 37.2 Å². The van der Waals surface area contributed by atoms with E-state index in [4.69, 9.17) is 5.73 Å². The molecule has 224 valence electrons. The largest absolute Gasteiger partial charge is 0.384 e. The van der Waals surface area contributed by atoms with Gasteiger partial charge in [0.1, 0.15) is 11.9 Å². The normalized spacial score (nSPS) is 14.7. The number of nitrogens with one attached hydrogen (secondary N) is 2. The van der Waals surface area contributed by atoms with E-state index in [1.54, 1.807) is 23.0 Å². The van der Waals surface area contributed by atoms with Crippen LogP contribution < -0.4 is 21.9 Å². The summed E-state index contributed by atoms with van der Waals surface area (Å²) in [6.07, 6.45) is 5.40. The molecular formula is C30H36Cl3N7O2. The van der Waals surface area contributed by atoms with Gasteiger partial charge in [0.2, 0.25) is 5.91 Å². The lowest BCUT2D eigenvalue weighted by molar-refractivity contribution is -0.124. The minimum atomic E-state index is -0.598. The number of halogens is 3. The predicted molar refractivity (Wildman–Crippen MR) is 173 cm³/mol. The number of hydrogen-bond acceptors (Lipinski definition) is 7. The van der Waals surface area contributed by atoms with Crippen molar-refractivity contribution in [2.24, 2.45) is 0 Å². The van der Waals surface area contributed by atoms with E-state index in [9.17, 15) is 9.59 Å². The summed E-state index contributed by atoms with van der Waals surface area (Å²) in [4.78, 5) is 40.2. The van der Waals surface area contributed by atoms with Crippen molar-refractivity contribution in [1.82, 2.24) is 24.8 Å². The quantitative estimate of drug-likeness (QED) is 0.242. The van der Waals surface area contributed by atoms with Crippen LogP contribution in [0.3, 0.4) is 0 Å². The Hall–Kier alpha value is -3.66. The topological polar surface area (TPSA) is 128 Å². The fourth-order valence-corrected chi connectivity index (χ4v) is 5.40. The van der Waals surface area contributed by atoms with E-state index in [2.05, 4.69) is 44.6 Å². The second kappa shape index (κ2) is 15.0. The maximum atomic E-state index is 13.6.